The Kier molecular flexibility index (Phi) is 23.8. The fraction of sp³-hybridized carbons (Fsp3) is 0.348. The number of imide groups is 1. The molecule has 0 saturated carbocycles. The fourth-order valence-corrected chi connectivity index (χ4v) is 11.0. The minimum absolute atomic E-state index is 0.0180. The number of Topliss-reactive ketones (excluding diaryl/α,β-unsaturated/α-hetero) is 1. The number of methoxy groups -OCH3 is 5. The highest BCUT2D eigenvalue weighted by Gasteiger charge is 2.45. The number of aliphatic hydroxyl groups is 2. The Morgan fingerprint density at radius 2 is 1.24 bits per heavy atom. The molecule has 6 aromatic rings. The number of nitrogens with one attached hydrogen (secondary N) is 6. The van der Waals surface area contributed by atoms with E-state index in [1.807, 2.05) is 5.32 Å². The Hall–Kier alpha value is -10.4. The minimum atomic E-state index is -3.40. The van der Waals surface area contributed by atoms with Crippen LogP contribution in [0.5, 0.6) is 46.0 Å². The number of carbonyl (C=O) groups is 9. The summed E-state index contributed by atoms with van der Waals surface area (Å²) in [7, 11) is 3.02. The summed E-state index contributed by atoms with van der Waals surface area (Å²) in [4.78, 5) is 134. The molecule has 6 aromatic carbocycles. The summed E-state index contributed by atoms with van der Waals surface area (Å²) < 4.78 is 61.9. The molecule has 27 nitrogen and oxygen atoms in total. The maximum atomic E-state index is 15.6. The number of phenols is 2. The second-order valence-corrected chi connectivity index (χ2v) is 24.7. The lowest BCUT2D eigenvalue weighted by Gasteiger charge is -2.34. The van der Waals surface area contributed by atoms with Gasteiger partial charge < -0.3 is 85.1 Å². The third-order valence-electron chi connectivity index (χ3n) is 15.5. The van der Waals surface area contributed by atoms with Crippen molar-refractivity contribution in [1.82, 2.24) is 36.8 Å². The van der Waals surface area contributed by atoms with Crippen molar-refractivity contribution in [1.29, 1.82) is 0 Å². The van der Waals surface area contributed by atoms with Gasteiger partial charge in [-0.3, -0.25) is 34.1 Å². The molecule has 0 aliphatic carbocycles. The molecule has 29 heteroatoms. The molecule has 8 rings (SSSR count). The number of carbonyl (C=O) groups excluding carboxylic acids is 9. The molecule has 2 aliphatic heterocycles. The molecule has 0 aromatic heterocycles. The molecule has 8 atom stereocenters. The molecular weight excluding hydrogens is 1320 g/mol. The molecule has 98 heavy (non-hydrogen) atoms. The Labute approximate surface area is 578 Å². The van der Waals surface area contributed by atoms with Gasteiger partial charge in [0.1, 0.15) is 58.7 Å². The first kappa shape index (κ1) is 70.5. The third kappa shape index (κ3) is 18.8. The van der Waals surface area contributed by atoms with Gasteiger partial charge in [0.25, 0.3) is 5.91 Å². The number of hydrogen-bond acceptors (Lipinski definition) is 20. The quantitative estimate of drug-likeness (QED) is 0.0230. The van der Waals surface area contributed by atoms with Crippen molar-refractivity contribution in [3.8, 4) is 46.0 Å². The molecule has 0 spiro atoms. The van der Waals surface area contributed by atoms with E-state index in [2.05, 4.69) is 26.6 Å². The van der Waals surface area contributed by atoms with E-state index in [4.69, 9.17) is 60.5 Å². The smallest absolute Gasteiger partial charge is 0.410 e. The number of hydrogen-bond donors (Lipinski definition) is 10. The largest absolute Gasteiger partial charge is 0.508 e. The number of ketones is 1. The molecule has 10 N–H and O–H groups in total. The normalized spacial score (nSPS) is 17.2. The van der Waals surface area contributed by atoms with Crippen molar-refractivity contribution in [2.24, 2.45) is 11.8 Å². The van der Waals surface area contributed by atoms with Gasteiger partial charge in [0.05, 0.1) is 74.2 Å². The van der Waals surface area contributed by atoms with E-state index in [1.165, 1.54) is 76.9 Å². The van der Waals surface area contributed by atoms with Gasteiger partial charge in [-0.25, -0.2) is 14.4 Å². The molecule has 4 bridgehead atoms. The van der Waals surface area contributed by atoms with Crippen molar-refractivity contribution < 1.29 is 101 Å². The van der Waals surface area contributed by atoms with Crippen LogP contribution in [-0.4, -0.2) is 145 Å². The van der Waals surface area contributed by atoms with Gasteiger partial charge in [-0.15, -0.1) is 0 Å². The summed E-state index contributed by atoms with van der Waals surface area (Å²) in [6.45, 7) is 8.12. The number of aliphatic hydroxyl groups excluding tert-OH is 2. The number of rotatable bonds is 22. The summed E-state index contributed by atoms with van der Waals surface area (Å²) in [5, 5.41) is 59.0. The molecule has 4 unspecified atom stereocenters. The van der Waals surface area contributed by atoms with Gasteiger partial charge >= 0.3 is 18.1 Å². The maximum absolute atomic E-state index is 15.6. The van der Waals surface area contributed by atoms with Crippen LogP contribution >= 0.6 is 23.2 Å². The van der Waals surface area contributed by atoms with Gasteiger partial charge in [-0.05, 0) is 139 Å². The van der Waals surface area contributed by atoms with Crippen LogP contribution < -0.4 is 55.6 Å². The predicted octanol–water partition coefficient (Wildman–Crippen LogP) is 7.64. The van der Waals surface area contributed by atoms with Crippen LogP contribution in [0.1, 0.15) is 115 Å². The molecule has 0 saturated heterocycles. The third-order valence-corrected chi connectivity index (χ3v) is 16.0. The van der Waals surface area contributed by atoms with Gasteiger partial charge in [0, 0.05) is 7.05 Å². The highest BCUT2D eigenvalue weighted by atomic mass is 35.5. The second-order valence-electron chi connectivity index (χ2n) is 23.9. The lowest BCUT2D eigenvalue weighted by atomic mass is 9.84. The number of esters is 1. The highest BCUT2D eigenvalue weighted by Crippen LogP contribution is 2.46. The van der Waals surface area contributed by atoms with Crippen molar-refractivity contribution in [2.75, 3.05) is 42.5 Å². The first-order valence-electron chi connectivity index (χ1n) is 31.7. The monoisotopic (exact) mass is 1400 g/mol. The zero-order valence-corrected chi connectivity index (χ0v) is 56.3. The van der Waals surface area contributed by atoms with Crippen LogP contribution in [0.4, 0.5) is 9.59 Å². The van der Waals surface area contributed by atoms with Crippen LogP contribution in [0.25, 0.3) is 0 Å². The number of amides is 8. The number of aromatic hydroxyl groups is 2. The summed E-state index contributed by atoms with van der Waals surface area (Å²) in [6, 6.07) is 14.2. The first-order chi connectivity index (χ1) is 47.5. The SMILES string of the molecule is [2H]C([2H])([2H])Oc1cc2cc(c1O)Oc1c(Cl)cc(cc1Cl)C(O)C(C(=O)[C@@H](CC(C)C)N(C)C(=O)OC(C)(C)C)C(=O)NC(CC(=O)NC(c1ccc(OC)cc1)c1ccc(OC)cc1)C(=O)NC2C(=O)NC(=O)N[C@@H](C(=O)N[C@H](C(=O)OC)[C@H](O)c1ccc(O)cc1)c1ccc(OC)cc1. The average molecular weight is 1400 g/mol. The number of phenolic OH excluding ortho intramolecular Hbond substituents is 2. The van der Waals surface area contributed by atoms with E-state index < -0.39 is 171 Å². The van der Waals surface area contributed by atoms with Gasteiger partial charge in [0.15, 0.2) is 29.1 Å². The first-order valence-corrected chi connectivity index (χ1v) is 31.0. The maximum Gasteiger partial charge on any atom is 0.410 e. The standard InChI is InChI=1S/C69H77Cl2N7O20/c1-34(2)28-48(78(6)68(91)98-69(3,4)5)59(83)52-57(81)40-29-45(70)61(46(71)30-40)97-50-32-39(31-49(95-10)60(50)84)55(74-62(85)47(72-63(52)86)33-51(80)73-53(35-14-22-42(92-7)23-15-35)36-16-24-43(93-8)25-17-36)65(88)77-67(90)76-54(37-18-26-44(94-9)27-19-37)64(87)75-56(66(89)96-11)58(82)38-12-20-41(79)21-13-38/h12-27,29-32,34,47-48,52-58,79,81-82,84H,28,33H2,1-11H3,(H,72,86)(H,73,80)(H,74,85)(H,75,87)(H2,76,77,88,90)/t47?,48-,52?,54-,55?,56+,57?,58-/m1/s1/i10D3. The molecule has 8 amide bonds. The molecule has 0 radical (unpaired) electrons. The molecule has 2 aliphatic rings. The van der Waals surface area contributed by atoms with Crippen LogP contribution in [-0.2, 0) is 43.0 Å². The summed E-state index contributed by atoms with van der Waals surface area (Å²) in [6.07, 6.45) is -6.43. The lowest BCUT2D eigenvalue weighted by molar-refractivity contribution is -0.149. The fourth-order valence-electron chi connectivity index (χ4n) is 10.4. The molecule has 0 fully saturated rings. The zero-order chi connectivity index (χ0) is 74.5. The van der Waals surface area contributed by atoms with Crippen LogP contribution in [0.3, 0.4) is 0 Å². The number of halogens is 2. The number of likely N-dealkylation sites (N-methyl/N-ethyl adjacent to an activating group) is 1. The van der Waals surface area contributed by atoms with Crippen molar-refractivity contribution >= 4 is 76.6 Å². The van der Waals surface area contributed by atoms with E-state index in [0.29, 0.717) is 22.6 Å². The van der Waals surface area contributed by atoms with Crippen LogP contribution in [0, 0.1) is 11.8 Å². The number of nitrogens with zero attached hydrogens (tertiary/aromatic N) is 1. The van der Waals surface area contributed by atoms with Crippen LogP contribution in [0.15, 0.2) is 121 Å². The minimum Gasteiger partial charge on any atom is -0.508 e. The topological polar surface area (TPSA) is 375 Å². The average Bonchev–Trinajstić information content (AvgIpc) is 0.746. The summed E-state index contributed by atoms with van der Waals surface area (Å²) >= 11 is 13.7. The van der Waals surface area contributed by atoms with E-state index in [-0.39, 0.29) is 34.6 Å². The van der Waals surface area contributed by atoms with E-state index in [1.54, 1.807) is 83.1 Å². The van der Waals surface area contributed by atoms with Gasteiger partial charge in [-0.2, -0.15) is 0 Å². The zero-order valence-electron chi connectivity index (χ0n) is 57.8. The van der Waals surface area contributed by atoms with Crippen LogP contribution in [0.2, 0.25) is 10.0 Å². The number of benzene rings is 6. The van der Waals surface area contributed by atoms with Crippen molar-refractivity contribution in [3.05, 3.63) is 165 Å². The highest BCUT2D eigenvalue weighted by molar-refractivity contribution is 6.37. The lowest BCUT2D eigenvalue weighted by Crippen LogP contribution is -2.56. The predicted molar refractivity (Wildman–Crippen MR) is 355 cm³/mol. The summed E-state index contributed by atoms with van der Waals surface area (Å²) in [5.74, 6) is -14.4. The molecule has 522 valence electrons. The Morgan fingerprint density at radius 1 is 0.704 bits per heavy atom. The van der Waals surface area contributed by atoms with Crippen molar-refractivity contribution in [2.45, 2.75) is 102 Å². The van der Waals surface area contributed by atoms with Crippen molar-refractivity contribution in [3.63, 3.8) is 0 Å². The number of ether oxygens (including phenoxy) is 7. The Morgan fingerprint density at radius 3 is 1.76 bits per heavy atom. The Bertz CT molecular complexity index is 3940. The Balaban J connectivity index is 1.41. The second kappa shape index (κ2) is 33.1. The van der Waals surface area contributed by atoms with E-state index in [0.717, 1.165) is 36.3 Å². The van der Waals surface area contributed by atoms with Gasteiger partial charge in [-0.1, -0.05) is 85.6 Å². The van der Waals surface area contributed by atoms with Gasteiger partial charge in [0.2, 0.25) is 29.4 Å². The number of fused-ring (bicyclic) bond motifs is 9. The van der Waals surface area contributed by atoms with E-state index in [9.17, 15) is 39.6 Å². The molecular formula is C69H77Cl2N7O20. The number of urea groups is 1. The van der Waals surface area contributed by atoms with E-state index >= 15 is 24.0 Å². The summed E-state index contributed by atoms with van der Waals surface area (Å²) in [5.41, 5.74) is -1.19. The molecule has 2 heterocycles.